The largest absolute Gasteiger partial charge is 0.339 e. The van der Waals surface area contributed by atoms with Crippen LogP contribution in [0.3, 0.4) is 0 Å². The topological polar surface area (TPSA) is 59.0 Å². The highest BCUT2D eigenvalue weighted by atomic mass is 35.5. The molecule has 0 unspecified atom stereocenters. The summed E-state index contributed by atoms with van der Waals surface area (Å²) in [6.07, 6.45) is 5.60. The first-order chi connectivity index (χ1) is 15.2. The summed E-state index contributed by atoms with van der Waals surface area (Å²) < 4.78 is 0. The number of amides is 1. The van der Waals surface area contributed by atoms with E-state index < -0.39 is 0 Å². The molecular weight excluding hydrogens is 420 g/mol. The van der Waals surface area contributed by atoms with Gasteiger partial charge in [0.1, 0.15) is 0 Å². The molecule has 1 aliphatic rings. The van der Waals surface area contributed by atoms with Gasteiger partial charge in [0.2, 0.25) is 0 Å². The van der Waals surface area contributed by atoms with Gasteiger partial charge in [-0.05, 0) is 49.1 Å². The molecule has 0 radical (unpaired) electrons. The highest BCUT2D eigenvalue weighted by Gasteiger charge is 2.22. The zero-order chi connectivity index (χ0) is 22.9. The second-order valence-electron chi connectivity index (χ2n) is 9.68. The third kappa shape index (κ3) is 4.83. The van der Waals surface area contributed by atoms with Gasteiger partial charge in [-0.25, -0.2) is 0 Å². The van der Waals surface area contributed by atoms with E-state index >= 15 is 0 Å². The summed E-state index contributed by atoms with van der Waals surface area (Å²) >= 11 is 6.62. The number of aromatic nitrogens is 3. The van der Waals surface area contributed by atoms with Gasteiger partial charge in [-0.1, -0.05) is 45.4 Å². The van der Waals surface area contributed by atoms with Crippen LogP contribution >= 0.6 is 11.6 Å². The third-order valence-electron chi connectivity index (χ3n) is 6.08. The van der Waals surface area contributed by atoms with E-state index in [9.17, 15) is 4.79 Å². The second kappa shape index (κ2) is 8.99. The fourth-order valence-electron chi connectivity index (χ4n) is 3.93. The molecule has 1 fully saturated rings. The van der Waals surface area contributed by atoms with Crippen molar-refractivity contribution in [3.8, 4) is 22.4 Å². The van der Waals surface area contributed by atoms with Crippen LogP contribution in [0.25, 0.3) is 22.4 Å². The molecule has 0 saturated carbocycles. The molecular formula is C26H29ClN4O. The summed E-state index contributed by atoms with van der Waals surface area (Å²) in [4.78, 5) is 19.3. The molecule has 0 atom stereocenters. The van der Waals surface area contributed by atoms with Gasteiger partial charge < -0.3 is 4.90 Å². The SMILES string of the molecule is CC1CCN(C(=O)c2ccc(-c3cnnc(-c4ccnc(C(C)(C)C)c4)c3)c(Cl)c2)CC1. The summed E-state index contributed by atoms with van der Waals surface area (Å²) in [6, 6.07) is 11.5. The molecule has 0 N–H and O–H groups in total. The van der Waals surface area contributed by atoms with Crippen LogP contribution in [-0.2, 0) is 5.41 Å². The molecule has 4 rings (SSSR count). The van der Waals surface area contributed by atoms with Gasteiger partial charge in [0.25, 0.3) is 5.91 Å². The van der Waals surface area contributed by atoms with Crippen molar-refractivity contribution in [3.05, 3.63) is 65.1 Å². The van der Waals surface area contributed by atoms with E-state index in [1.54, 1.807) is 18.5 Å². The monoisotopic (exact) mass is 448 g/mol. The molecule has 1 saturated heterocycles. The molecule has 3 aromatic rings. The number of pyridine rings is 1. The lowest BCUT2D eigenvalue weighted by atomic mass is 9.90. The number of likely N-dealkylation sites (tertiary alicyclic amines) is 1. The Hall–Kier alpha value is -2.79. The highest BCUT2D eigenvalue weighted by Crippen LogP contribution is 2.32. The first kappa shape index (κ1) is 22.4. The first-order valence-electron chi connectivity index (χ1n) is 11.1. The average molecular weight is 449 g/mol. The van der Waals surface area contributed by atoms with Crippen molar-refractivity contribution < 1.29 is 4.79 Å². The lowest BCUT2D eigenvalue weighted by Crippen LogP contribution is -2.37. The lowest BCUT2D eigenvalue weighted by Gasteiger charge is -2.30. The molecule has 0 bridgehead atoms. The number of benzene rings is 1. The minimum Gasteiger partial charge on any atom is -0.339 e. The minimum atomic E-state index is -0.0564. The van der Waals surface area contributed by atoms with Crippen molar-refractivity contribution in [2.45, 2.75) is 46.0 Å². The van der Waals surface area contributed by atoms with Gasteiger partial charge in [-0.15, -0.1) is 0 Å². The fraction of sp³-hybridized carbons (Fsp3) is 0.385. The Bertz CT molecular complexity index is 1130. The van der Waals surface area contributed by atoms with Crippen molar-refractivity contribution in [3.63, 3.8) is 0 Å². The number of halogens is 1. The van der Waals surface area contributed by atoms with Crippen LogP contribution in [0.2, 0.25) is 5.02 Å². The van der Waals surface area contributed by atoms with Crippen molar-refractivity contribution in [2.75, 3.05) is 13.1 Å². The Morgan fingerprint density at radius 3 is 2.50 bits per heavy atom. The van der Waals surface area contributed by atoms with Crippen LogP contribution in [0.15, 0.2) is 48.8 Å². The molecule has 1 aromatic carbocycles. The Morgan fingerprint density at radius 2 is 1.81 bits per heavy atom. The van der Waals surface area contributed by atoms with Crippen molar-refractivity contribution in [1.29, 1.82) is 0 Å². The van der Waals surface area contributed by atoms with Crippen molar-refractivity contribution in [2.24, 2.45) is 5.92 Å². The number of hydrogen-bond acceptors (Lipinski definition) is 4. The van der Waals surface area contributed by atoms with Gasteiger partial charge >= 0.3 is 0 Å². The molecule has 166 valence electrons. The van der Waals surface area contributed by atoms with E-state index in [2.05, 4.69) is 48.9 Å². The minimum absolute atomic E-state index is 0.0467. The maximum absolute atomic E-state index is 12.9. The van der Waals surface area contributed by atoms with Crippen LogP contribution < -0.4 is 0 Å². The van der Waals surface area contributed by atoms with Crippen LogP contribution in [-0.4, -0.2) is 39.1 Å². The van der Waals surface area contributed by atoms with E-state index in [0.29, 0.717) is 16.5 Å². The highest BCUT2D eigenvalue weighted by molar-refractivity contribution is 6.33. The Morgan fingerprint density at radius 1 is 1.06 bits per heavy atom. The Balaban J connectivity index is 1.60. The van der Waals surface area contributed by atoms with Crippen LogP contribution in [0.5, 0.6) is 0 Å². The molecule has 0 aliphatic carbocycles. The molecule has 32 heavy (non-hydrogen) atoms. The van der Waals surface area contributed by atoms with Gasteiger partial charge in [0.15, 0.2) is 0 Å². The number of hydrogen-bond donors (Lipinski definition) is 0. The molecule has 3 heterocycles. The van der Waals surface area contributed by atoms with Gasteiger partial charge in [0.05, 0.1) is 11.9 Å². The number of rotatable bonds is 3. The Kier molecular flexibility index (Phi) is 6.29. The fourth-order valence-corrected chi connectivity index (χ4v) is 4.22. The number of carbonyl (C=O) groups excluding carboxylic acids is 1. The van der Waals surface area contributed by atoms with E-state index in [4.69, 9.17) is 11.6 Å². The number of nitrogens with zero attached hydrogens (tertiary/aromatic N) is 4. The smallest absolute Gasteiger partial charge is 0.253 e. The predicted octanol–water partition coefficient (Wildman–Crippen LogP) is 6.03. The summed E-state index contributed by atoms with van der Waals surface area (Å²) in [5.74, 6) is 0.726. The lowest BCUT2D eigenvalue weighted by molar-refractivity contribution is 0.0697. The third-order valence-corrected chi connectivity index (χ3v) is 6.39. The predicted molar refractivity (Wildman–Crippen MR) is 129 cm³/mol. The summed E-state index contributed by atoms with van der Waals surface area (Å²) in [6.45, 7) is 10.2. The molecule has 0 spiro atoms. The molecule has 1 aliphatic heterocycles. The van der Waals surface area contributed by atoms with Gasteiger partial charge in [-0.3, -0.25) is 9.78 Å². The van der Waals surface area contributed by atoms with Crippen LogP contribution in [0.1, 0.15) is 56.6 Å². The van der Waals surface area contributed by atoms with Crippen LogP contribution in [0, 0.1) is 5.92 Å². The zero-order valence-corrected chi connectivity index (χ0v) is 19.9. The number of carbonyl (C=O) groups is 1. The average Bonchev–Trinajstić information content (AvgIpc) is 2.78. The Labute approximate surface area is 194 Å². The quantitative estimate of drug-likeness (QED) is 0.490. The van der Waals surface area contributed by atoms with E-state index in [-0.39, 0.29) is 11.3 Å². The van der Waals surface area contributed by atoms with E-state index in [1.165, 1.54) is 0 Å². The van der Waals surface area contributed by atoms with Crippen molar-refractivity contribution >= 4 is 17.5 Å². The van der Waals surface area contributed by atoms with E-state index in [0.717, 1.165) is 54.0 Å². The molecule has 6 heteroatoms. The van der Waals surface area contributed by atoms with Gasteiger partial charge in [-0.2, -0.15) is 10.2 Å². The number of piperidine rings is 1. The van der Waals surface area contributed by atoms with E-state index in [1.807, 2.05) is 29.2 Å². The summed E-state index contributed by atoms with van der Waals surface area (Å²) in [7, 11) is 0. The maximum Gasteiger partial charge on any atom is 0.253 e. The molecule has 1 amide bonds. The van der Waals surface area contributed by atoms with Gasteiger partial charge in [0, 0.05) is 57.7 Å². The molecule has 5 nitrogen and oxygen atoms in total. The van der Waals surface area contributed by atoms with Crippen LogP contribution in [0.4, 0.5) is 0 Å². The summed E-state index contributed by atoms with van der Waals surface area (Å²) in [5, 5.41) is 9.06. The van der Waals surface area contributed by atoms with Crippen molar-refractivity contribution in [1.82, 2.24) is 20.1 Å². The molecule has 2 aromatic heterocycles. The zero-order valence-electron chi connectivity index (χ0n) is 19.1. The summed E-state index contributed by atoms with van der Waals surface area (Å²) in [5.41, 5.74) is 4.97. The normalized spacial score (nSPS) is 15.1. The second-order valence-corrected chi connectivity index (χ2v) is 10.1. The maximum atomic E-state index is 12.9. The standard InChI is InChI=1S/C26H29ClN4O/c1-17-8-11-31(12-9-17)25(32)19-5-6-21(22(27)13-19)20-14-23(30-29-16-20)18-7-10-28-24(15-18)26(2,3)4/h5-7,10,13-17H,8-9,11-12H2,1-4H3. The first-order valence-corrected chi connectivity index (χ1v) is 11.5.